The molecule has 0 radical (unpaired) electrons. The van der Waals surface area contributed by atoms with Crippen molar-refractivity contribution in [3.63, 3.8) is 0 Å². The van der Waals surface area contributed by atoms with Crippen molar-refractivity contribution in [1.29, 1.82) is 0 Å². The Kier molecular flexibility index (Phi) is 5.17. The Morgan fingerprint density at radius 3 is 2.37 bits per heavy atom. The molecule has 0 bridgehead atoms. The van der Waals surface area contributed by atoms with Crippen molar-refractivity contribution in [1.82, 2.24) is 10.9 Å². The highest BCUT2D eigenvalue weighted by Crippen LogP contribution is 2.48. The first kappa shape index (κ1) is 18.9. The number of ether oxygens (including phenoxy) is 1. The number of hydrogen-bond donors (Lipinski definition) is 2. The number of rotatable bonds is 5. The van der Waals surface area contributed by atoms with Gasteiger partial charge in [-0.15, -0.1) is 0 Å². The third-order valence-corrected chi connectivity index (χ3v) is 5.11. The molecule has 1 atom stereocenters. The van der Waals surface area contributed by atoms with E-state index >= 15 is 0 Å². The van der Waals surface area contributed by atoms with Crippen LogP contribution < -0.4 is 15.6 Å². The minimum atomic E-state index is -0.772. The van der Waals surface area contributed by atoms with E-state index in [1.807, 2.05) is 26.0 Å². The number of hydrogen-bond acceptors (Lipinski definition) is 3. The predicted octanol–water partition coefficient (Wildman–Crippen LogP) is 3.09. The molecule has 2 N–H and O–H groups in total. The van der Waals surface area contributed by atoms with Gasteiger partial charge in [-0.25, -0.2) is 4.39 Å². The second kappa shape index (κ2) is 7.39. The highest BCUT2D eigenvalue weighted by atomic mass is 19.1. The number of carbonyl (C=O) groups excluding carboxylic acids is 2. The van der Waals surface area contributed by atoms with Crippen LogP contribution in [0.25, 0.3) is 0 Å². The molecule has 5 nitrogen and oxygen atoms in total. The molecular weight excluding hydrogens is 347 g/mol. The van der Waals surface area contributed by atoms with E-state index in [9.17, 15) is 14.0 Å². The Morgan fingerprint density at radius 2 is 1.74 bits per heavy atom. The van der Waals surface area contributed by atoms with Gasteiger partial charge >= 0.3 is 0 Å². The van der Waals surface area contributed by atoms with Gasteiger partial charge in [-0.1, -0.05) is 24.3 Å². The Hall–Kier alpha value is -2.89. The molecule has 2 amide bonds. The lowest BCUT2D eigenvalue weighted by atomic mass is 9.95. The molecule has 2 aromatic carbocycles. The van der Waals surface area contributed by atoms with E-state index in [0.29, 0.717) is 18.6 Å². The normalized spacial score (nSPS) is 15.6. The molecule has 6 heteroatoms. The lowest BCUT2D eigenvalue weighted by molar-refractivity contribution is -0.133. The topological polar surface area (TPSA) is 67.4 Å². The van der Waals surface area contributed by atoms with Crippen LogP contribution in [0.1, 0.15) is 36.5 Å². The van der Waals surface area contributed by atoms with E-state index in [0.717, 1.165) is 16.7 Å². The largest absolute Gasteiger partial charge is 0.481 e. The molecule has 142 valence electrons. The number of halogens is 1. The van der Waals surface area contributed by atoms with Gasteiger partial charge in [-0.3, -0.25) is 20.4 Å². The molecule has 2 aromatic rings. The van der Waals surface area contributed by atoms with Crippen molar-refractivity contribution >= 4 is 11.8 Å². The molecule has 0 aliphatic heterocycles. The van der Waals surface area contributed by atoms with Gasteiger partial charge in [0.25, 0.3) is 5.91 Å². The molecule has 3 rings (SSSR count). The molecule has 0 saturated heterocycles. The van der Waals surface area contributed by atoms with Crippen molar-refractivity contribution in [2.75, 3.05) is 0 Å². The zero-order valence-electron chi connectivity index (χ0n) is 15.6. The second-order valence-corrected chi connectivity index (χ2v) is 6.99. The minimum absolute atomic E-state index is 0.304. The van der Waals surface area contributed by atoms with Crippen LogP contribution in [-0.4, -0.2) is 17.9 Å². The summed E-state index contributed by atoms with van der Waals surface area (Å²) in [5.41, 5.74) is 6.99. The molecule has 1 fully saturated rings. The summed E-state index contributed by atoms with van der Waals surface area (Å²) >= 11 is 0. The smallest absolute Gasteiger partial charge is 0.279 e. The zero-order chi connectivity index (χ0) is 19.6. The molecule has 27 heavy (non-hydrogen) atoms. The highest BCUT2D eigenvalue weighted by molar-refractivity contribution is 5.93. The third kappa shape index (κ3) is 3.94. The Balaban J connectivity index is 1.57. The van der Waals surface area contributed by atoms with Crippen LogP contribution in [-0.2, 0) is 15.0 Å². The quantitative estimate of drug-likeness (QED) is 0.795. The maximum atomic E-state index is 13.1. The van der Waals surface area contributed by atoms with E-state index in [1.165, 1.54) is 12.1 Å². The number of benzene rings is 2. The van der Waals surface area contributed by atoms with Gasteiger partial charge in [-0.2, -0.15) is 0 Å². The third-order valence-electron chi connectivity index (χ3n) is 5.11. The van der Waals surface area contributed by atoms with Crippen LogP contribution in [0.4, 0.5) is 4.39 Å². The lowest BCUT2D eigenvalue weighted by Gasteiger charge is -2.19. The van der Waals surface area contributed by atoms with Crippen LogP contribution in [0.3, 0.4) is 0 Å². The first-order valence-electron chi connectivity index (χ1n) is 8.93. The summed E-state index contributed by atoms with van der Waals surface area (Å²) in [4.78, 5) is 24.8. The number of amides is 2. The van der Waals surface area contributed by atoms with Gasteiger partial charge in [-0.05, 0) is 68.5 Å². The van der Waals surface area contributed by atoms with Crippen molar-refractivity contribution in [2.24, 2.45) is 0 Å². The summed E-state index contributed by atoms with van der Waals surface area (Å²) in [5.74, 6) is -0.463. The van der Waals surface area contributed by atoms with E-state index < -0.39 is 17.4 Å². The molecule has 1 aliphatic carbocycles. The Labute approximate surface area is 157 Å². The summed E-state index contributed by atoms with van der Waals surface area (Å²) < 4.78 is 18.8. The molecular formula is C21H23FN2O3. The number of carbonyl (C=O) groups is 2. The average molecular weight is 370 g/mol. The Morgan fingerprint density at radius 1 is 1.07 bits per heavy atom. The fourth-order valence-corrected chi connectivity index (χ4v) is 2.98. The number of aryl methyl sites for hydroxylation is 1. The maximum absolute atomic E-state index is 13.1. The van der Waals surface area contributed by atoms with E-state index in [4.69, 9.17) is 4.74 Å². The second-order valence-electron chi connectivity index (χ2n) is 6.99. The SMILES string of the molecule is Cc1cccc(OC(C)C(=O)NNC(=O)C2(c3ccc(F)cc3)CC2)c1C. The molecule has 0 spiro atoms. The monoisotopic (exact) mass is 370 g/mol. The van der Waals surface area contributed by atoms with Gasteiger partial charge < -0.3 is 4.74 Å². The highest BCUT2D eigenvalue weighted by Gasteiger charge is 2.51. The summed E-state index contributed by atoms with van der Waals surface area (Å²) in [6.45, 7) is 5.52. The first-order chi connectivity index (χ1) is 12.8. The average Bonchev–Trinajstić information content (AvgIpc) is 3.45. The zero-order valence-corrected chi connectivity index (χ0v) is 15.6. The molecule has 1 aliphatic rings. The van der Waals surface area contributed by atoms with Crippen LogP contribution in [0.15, 0.2) is 42.5 Å². The maximum Gasteiger partial charge on any atom is 0.279 e. The summed E-state index contributed by atoms with van der Waals surface area (Å²) in [7, 11) is 0. The van der Waals surface area contributed by atoms with Crippen LogP contribution in [0.2, 0.25) is 0 Å². The summed E-state index contributed by atoms with van der Waals surface area (Å²) in [5, 5.41) is 0. The predicted molar refractivity (Wildman–Crippen MR) is 99.6 cm³/mol. The van der Waals surface area contributed by atoms with E-state index in [2.05, 4.69) is 10.9 Å². The fraction of sp³-hybridized carbons (Fsp3) is 0.333. The molecule has 0 heterocycles. The lowest BCUT2D eigenvalue weighted by Crippen LogP contribution is -2.50. The fourth-order valence-electron chi connectivity index (χ4n) is 2.98. The van der Waals surface area contributed by atoms with Crippen molar-refractivity contribution in [3.05, 3.63) is 65.0 Å². The van der Waals surface area contributed by atoms with Crippen molar-refractivity contribution < 1.29 is 18.7 Å². The van der Waals surface area contributed by atoms with Gasteiger partial charge in [0.15, 0.2) is 6.10 Å². The molecule has 1 saturated carbocycles. The van der Waals surface area contributed by atoms with Crippen molar-refractivity contribution in [2.45, 2.75) is 45.1 Å². The van der Waals surface area contributed by atoms with Gasteiger partial charge in [0.2, 0.25) is 5.91 Å². The van der Waals surface area contributed by atoms with Crippen LogP contribution in [0, 0.1) is 19.7 Å². The summed E-state index contributed by atoms with van der Waals surface area (Å²) in [6, 6.07) is 11.5. The standard InChI is InChI=1S/C21H23FN2O3/c1-13-5-4-6-18(14(13)2)27-15(3)19(25)23-24-20(26)21(11-12-21)16-7-9-17(22)10-8-16/h4-10,15H,11-12H2,1-3H3,(H,23,25)(H,24,26). The van der Waals surface area contributed by atoms with Crippen LogP contribution in [0.5, 0.6) is 5.75 Å². The summed E-state index contributed by atoms with van der Waals surface area (Å²) in [6.07, 6.45) is 0.552. The number of nitrogens with one attached hydrogen (secondary N) is 2. The minimum Gasteiger partial charge on any atom is -0.481 e. The number of hydrazine groups is 1. The van der Waals surface area contributed by atoms with Gasteiger partial charge in [0.05, 0.1) is 5.41 Å². The van der Waals surface area contributed by atoms with Crippen LogP contribution >= 0.6 is 0 Å². The first-order valence-corrected chi connectivity index (χ1v) is 8.93. The van der Waals surface area contributed by atoms with Gasteiger partial charge in [0.1, 0.15) is 11.6 Å². The van der Waals surface area contributed by atoms with Gasteiger partial charge in [0, 0.05) is 0 Å². The van der Waals surface area contributed by atoms with Crippen molar-refractivity contribution in [3.8, 4) is 5.75 Å². The molecule has 0 aromatic heterocycles. The van der Waals surface area contributed by atoms with E-state index in [1.54, 1.807) is 25.1 Å². The Bertz CT molecular complexity index is 860. The van der Waals surface area contributed by atoms with E-state index in [-0.39, 0.29) is 11.7 Å². The molecule has 1 unspecified atom stereocenters.